The summed E-state index contributed by atoms with van der Waals surface area (Å²) in [4.78, 5) is 9.53. The number of anilines is 1. The molecule has 0 bridgehead atoms. The molecule has 0 radical (unpaired) electrons. The van der Waals surface area contributed by atoms with Crippen LogP contribution in [0.15, 0.2) is 34.5 Å². The van der Waals surface area contributed by atoms with Gasteiger partial charge < -0.3 is 5.32 Å². The topological polar surface area (TPSA) is 37.8 Å². The Bertz CT molecular complexity index is 444. The highest BCUT2D eigenvalue weighted by atomic mass is 79.9. The minimum atomic E-state index is 0.362. The summed E-state index contributed by atoms with van der Waals surface area (Å²) in [6, 6.07) is 6.47. The van der Waals surface area contributed by atoms with Crippen LogP contribution in [0.5, 0.6) is 0 Å². The van der Waals surface area contributed by atoms with Crippen molar-refractivity contribution >= 4 is 33.1 Å². The van der Waals surface area contributed by atoms with Crippen molar-refractivity contribution in [3.05, 3.63) is 39.4 Å². The summed E-state index contributed by atoms with van der Waals surface area (Å²) in [5.74, 6) is 0.853. The Morgan fingerprint density at radius 2 is 2.38 bits per heavy atom. The zero-order valence-electron chi connectivity index (χ0n) is 8.85. The molecule has 5 heteroatoms. The van der Waals surface area contributed by atoms with Crippen molar-refractivity contribution < 1.29 is 0 Å². The summed E-state index contributed by atoms with van der Waals surface area (Å²) >= 11 is 5.11. The average Bonchev–Trinajstić information content (AvgIpc) is 2.70. The van der Waals surface area contributed by atoms with Gasteiger partial charge in [-0.25, -0.2) is 9.97 Å². The molecular formula is C11H12BrN3S. The maximum atomic E-state index is 4.16. The van der Waals surface area contributed by atoms with Gasteiger partial charge in [-0.3, -0.25) is 0 Å². The molecule has 0 spiro atoms. The van der Waals surface area contributed by atoms with Gasteiger partial charge in [-0.2, -0.15) is 0 Å². The lowest BCUT2D eigenvalue weighted by Gasteiger charge is -2.13. The van der Waals surface area contributed by atoms with Crippen LogP contribution >= 0.6 is 27.3 Å². The number of hydrogen-bond donors (Lipinski definition) is 1. The van der Waals surface area contributed by atoms with Gasteiger partial charge in [0, 0.05) is 23.4 Å². The van der Waals surface area contributed by atoms with E-state index in [-0.39, 0.29) is 0 Å². The number of rotatable bonds is 4. The zero-order chi connectivity index (χ0) is 11.4. The molecule has 2 aromatic heterocycles. The summed E-state index contributed by atoms with van der Waals surface area (Å²) in [6.45, 7) is 2.15. The quantitative estimate of drug-likeness (QED) is 0.880. The van der Waals surface area contributed by atoms with E-state index in [4.69, 9.17) is 0 Å². The van der Waals surface area contributed by atoms with Gasteiger partial charge in [-0.1, -0.05) is 6.07 Å². The highest BCUT2D eigenvalue weighted by Gasteiger charge is 2.05. The second-order valence-electron chi connectivity index (χ2n) is 3.55. The van der Waals surface area contributed by atoms with Gasteiger partial charge in [0.1, 0.15) is 16.7 Å². The summed E-state index contributed by atoms with van der Waals surface area (Å²) in [7, 11) is 0. The van der Waals surface area contributed by atoms with E-state index in [1.807, 2.05) is 6.07 Å². The number of hydrogen-bond acceptors (Lipinski definition) is 4. The average molecular weight is 298 g/mol. The molecular weight excluding hydrogens is 286 g/mol. The maximum Gasteiger partial charge on any atom is 0.130 e. The molecule has 2 rings (SSSR count). The number of thiophene rings is 1. The van der Waals surface area contributed by atoms with Crippen molar-refractivity contribution in [3.8, 4) is 0 Å². The summed E-state index contributed by atoms with van der Waals surface area (Å²) in [5.41, 5.74) is 0. The predicted molar refractivity (Wildman–Crippen MR) is 70.8 cm³/mol. The minimum Gasteiger partial charge on any atom is -0.367 e. The van der Waals surface area contributed by atoms with E-state index >= 15 is 0 Å². The molecule has 0 aromatic carbocycles. The second kappa shape index (κ2) is 5.41. The van der Waals surface area contributed by atoms with Crippen LogP contribution in [-0.4, -0.2) is 16.0 Å². The van der Waals surface area contributed by atoms with E-state index < -0.39 is 0 Å². The third-order valence-corrected chi connectivity index (χ3v) is 3.45. The Kier molecular flexibility index (Phi) is 3.90. The first-order chi connectivity index (χ1) is 7.74. The molecule has 0 aliphatic carbocycles. The molecule has 1 N–H and O–H groups in total. The van der Waals surface area contributed by atoms with Gasteiger partial charge in [0.15, 0.2) is 0 Å². The van der Waals surface area contributed by atoms with Crippen LogP contribution in [0.1, 0.15) is 11.8 Å². The Hall–Kier alpha value is -0.940. The van der Waals surface area contributed by atoms with Crippen molar-refractivity contribution in [1.29, 1.82) is 0 Å². The Morgan fingerprint density at radius 1 is 1.50 bits per heavy atom. The van der Waals surface area contributed by atoms with Crippen LogP contribution in [0.2, 0.25) is 0 Å². The SMILES string of the molecule is CC(Cc1cccs1)Nc1cc(Br)ncn1. The largest absolute Gasteiger partial charge is 0.367 e. The molecule has 0 saturated carbocycles. The number of nitrogens with one attached hydrogen (secondary N) is 1. The molecule has 16 heavy (non-hydrogen) atoms. The molecule has 0 fully saturated rings. The van der Waals surface area contributed by atoms with Gasteiger partial charge in [0.25, 0.3) is 0 Å². The molecule has 0 amide bonds. The van der Waals surface area contributed by atoms with Crippen molar-refractivity contribution in [2.24, 2.45) is 0 Å². The van der Waals surface area contributed by atoms with E-state index in [1.54, 1.807) is 17.7 Å². The van der Waals surface area contributed by atoms with Crippen molar-refractivity contribution in [1.82, 2.24) is 9.97 Å². The summed E-state index contributed by atoms with van der Waals surface area (Å²) in [5, 5.41) is 5.45. The van der Waals surface area contributed by atoms with Crippen LogP contribution in [0, 0.1) is 0 Å². The van der Waals surface area contributed by atoms with Crippen LogP contribution in [0.25, 0.3) is 0 Å². The van der Waals surface area contributed by atoms with Gasteiger partial charge in [-0.15, -0.1) is 11.3 Å². The first-order valence-corrected chi connectivity index (χ1v) is 6.68. The maximum absolute atomic E-state index is 4.16. The van der Waals surface area contributed by atoms with Crippen LogP contribution in [0.3, 0.4) is 0 Å². The highest BCUT2D eigenvalue weighted by Crippen LogP contribution is 2.15. The van der Waals surface area contributed by atoms with E-state index in [2.05, 4.69) is 55.7 Å². The van der Waals surface area contributed by atoms with Crippen LogP contribution < -0.4 is 5.32 Å². The summed E-state index contributed by atoms with van der Waals surface area (Å²) in [6.07, 6.45) is 2.56. The monoisotopic (exact) mass is 297 g/mol. The van der Waals surface area contributed by atoms with Crippen molar-refractivity contribution in [2.75, 3.05) is 5.32 Å². The lowest BCUT2D eigenvalue weighted by molar-refractivity contribution is 0.793. The first-order valence-electron chi connectivity index (χ1n) is 5.00. The van der Waals surface area contributed by atoms with Gasteiger partial charge in [0.05, 0.1) is 0 Å². The van der Waals surface area contributed by atoms with Crippen LogP contribution in [0.4, 0.5) is 5.82 Å². The lowest BCUT2D eigenvalue weighted by atomic mass is 10.2. The summed E-state index contributed by atoms with van der Waals surface area (Å²) < 4.78 is 0.799. The van der Waals surface area contributed by atoms with Gasteiger partial charge >= 0.3 is 0 Å². The van der Waals surface area contributed by atoms with Crippen LogP contribution in [-0.2, 0) is 6.42 Å². The molecule has 0 aliphatic rings. The molecule has 84 valence electrons. The van der Waals surface area contributed by atoms with E-state index in [1.165, 1.54) is 4.88 Å². The van der Waals surface area contributed by atoms with Gasteiger partial charge in [-0.05, 0) is 34.3 Å². The van der Waals surface area contributed by atoms with Crippen molar-refractivity contribution in [3.63, 3.8) is 0 Å². The van der Waals surface area contributed by atoms with E-state index in [0.717, 1.165) is 16.8 Å². The first kappa shape index (κ1) is 11.5. The lowest BCUT2D eigenvalue weighted by Crippen LogP contribution is -2.18. The second-order valence-corrected chi connectivity index (χ2v) is 5.40. The van der Waals surface area contributed by atoms with E-state index in [0.29, 0.717) is 6.04 Å². The fraction of sp³-hybridized carbons (Fsp3) is 0.273. The van der Waals surface area contributed by atoms with E-state index in [9.17, 15) is 0 Å². The normalized spacial score (nSPS) is 12.4. The Morgan fingerprint density at radius 3 is 3.06 bits per heavy atom. The Labute approximate surface area is 107 Å². The molecule has 1 atom stereocenters. The minimum absolute atomic E-state index is 0.362. The molecule has 2 aromatic rings. The molecule has 2 heterocycles. The highest BCUT2D eigenvalue weighted by molar-refractivity contribution is 9.10. The Balaban J connectivity index is 1.94. The molecule has 0 saturated heterocycles. The molecule has 3 nitrogen and oxygen atoms in total. The molecule has 1 unspecified atom stereocenters. The molecule has 0 aliphatic heterocycles. The number of halogens is 1. The predicted octanol–water partition coefficient (Wildman–Crippen LogP) is 3.34. The third-order valence-electron chi connectivity index (χ3n) is 2.12. The standard InChI is InChI=1S/C11H12BrN3S/c1-8(5-9-3-2-4-16-9)15-11-6-10(12)13-7-14-11/h2-4,6-8H,5H2,1H3,(H,13,14,15). The number of aromatic nitrogens is 2. The zero-order valence-corrected chi connectivity index (χ0v) is 11.3. The third kappa shape index (κ3) is 3.28. The number of nitrogens with zero attached hydrogens (tertiary/aromatic N) is 2. The van der Waals surface area contributed by atoms with Gasteiger partial charge in [0.2, 0.25) is 0 Å². The fourth-order valence-electron chi connectivity index (χ4n) is 1.45. The fourth-order valence-corrected chi connectivity index (χ4v) is 2.59. The smallest absolute Gasteiger partial charge is 0.130 e. The van der Waals surface area contributed by atoms with Crippen molar-refractivity contribution in [2.45, 2.75) is 19.4 Å².